The molecule has 0 N–H and O–H groups in total. The number of nitrogens with zero attached hydrogens (tertiary/aromatic N) is 4. The summed E-state index contributed by atoms with van der Waals surface area (Å²) in [6, 6.07) is 49.7. The number of rotatable bonds is 10. The predicted octanol–water partition coefficient (Wildman–Crippen LogP) is 10.3. The van der Waals surface area contributed by atoms with Gasteiger partial charge in [0.2, 0.25) is 11.8 Å². The van der Waals surface area contributed by atoms with Crippen LogP contribution in [-0.2, 0) is 61.6 Å². The van der Waals surface area contributed by atoms with E-state index in [-0.39, 0.29) is 63.2 Å². The number of ether oxygens (including phenoxy) is 4. The first kappa shape index (κ1) is 51.0. The van der Waals surface area contributed by atoms with Crippen molar-refractivity contribution >= 4 is 34.5 Å². The first-order valence-electron chi connectivity index (χ1n) is 19.6. The molecular weight excluding hydrogens is 883 g/mol. The molecular formula is C50H52N4O6Zn2. The van der Waals surface area contributed by atoms with E-state index in [4.69, 9.17) is 29.6 Å². The molecule has 0 aliphatic carbocycles. The minimum absolute atomic E-state index is 0. The van der Waals surface area contributed by atoms with Crippen LogP contribution in [0, 0.1) is 0 Å². The summed E-state index contributed by atoms with van der Waals surface area (Å²) in [5.74, 6) is 2.79. The van der Waals surface area contributed by atoms with Crippen molar-refractivity contribution in [3.8, 4) is 11.5 Å². The molecule has 6 aromatic carbocycles. The maximum Gasteiger partial charge on any atom is 2.00 e. The molecule has 62 heavy (non-hydrogen) atoms. The molecule has 0 saturated heterocycles. The summed E-state index contributed by atoms with van der Waals surface area (Å²) in [6.07, 6.45) is 0. The smallest absolute Gasteiger partial charge is 0.851 e. The van der Waals surface area contributed by atoms with Crippen LogP contribution in [0.1, 0.15) is 49.9 Å². The molecule has 0 bridgehead atoms. The van der Waals surface area contributed by atoms with Gasteiger partial charge in [-0.1, -0.05) is 168 Å². The molecule has 0 radical (unpaired) electrons. The van der Waals surface area contributed by atoms with Crippen molar-refractivity contribution in [2.45, 2.75) is 52.0 Å². The van der Waals surface area contributed by atoms with Gasteiger partial charge in [-0.05, 0) is 39.8 Å². The quantitative estimate of drug-likeness (QED) is 0.126. The van der Waals surface area contributed by atoms with Gasteiger partial charge >= 0.3 is 39.0 Å². The fourth-order valence-electron chi connectivity index (χ4n) is 5.80. The average molecular weight is 936 g/mol. The van der Waals surface area contributed by atoms with Crippen LogP contribution in [0.15, 0.2) is 168 Å². The zero-order valence-electron chi connectivity index (χ0n) is 36.5. The van der Waals surface area contributed by atoms with E-state index in [1.165, 1.54) is 0 Å². The van der Waals surface area contributed by atoms with E-state index in [1.807, 2.05) is 158 Å². The van der Waals surface area contributed by atoms with E-state index in [0.717, 1.165) is 56.5 Å². The van der Waals surface area contributed by atoms with Crippen molar-refractivity contribution < 1.29 is 68.1 Å². The van der Waals surface area contributed by atoms with Crippen LogP contribution < -0.4 is 19.7 Å². The summed E-state index contributed by atoms with van der Waals surface area (Å²) < 4.78 is 22.2. The minimum Gasteiger partial charge on any atom is -0.851 e. The molecule has 0 aromatic heterocycles. The Balaban J connectivity index is 0.000000239. The number of benzene rings is 6. The number of aliphatic imine (C=N–C) groups is 2. The number of para-hydroxylation sites is 6. The SMILES string of the molecule is COc1ccccc1[N-]c1ccccc1C1=NC(C)(C)CO1.COc1ccccc1[N-]c1ccccc1C1=NC(C)(C)CO1.[O-]Cc1ccccc1.[O-]Cc1ccccc1.[Zn+2].[Zn+2]. The standard InChI is InChI=1S/2C18H19N2O2.2C7H7O.2Zn/c2*1-18(2)12-22-17(20-18)13-8-4-5-9-14(13)19-15-10-6-7-11-16(15)21-3;2*8-6-7-4-2-1-3-5-7;;/h2*4-11H,12H2,1-3H3;2*1-5H,6H2;;/q4*-1;2*+2. The van der Waals surface area contributed by atoms with Crippen molar-refractivity contribution in [1.29, 1.82) is 0 Å². The van der Waals surface area contributed by atoms with Crippen LogP contribution in [-0.4, -0.2) is 50.3 Å². The molecule has 8 rings (SSSR count). The maximum absolute atomic E-state index is 10.1. The molecule has 2 heterocycles. The van der Waals surface area contributed by atoms with E-state index in [1.54, 1.807) is 14.2 Å². The Morgan fingerprint density at radius 2 is 0.774 bits per heavy atom. The zero-order chi connectivity index (χ0) is 42.8. The number of hydrogen-bond donors (Lipinski definition) is 0. The second kappa shape index (κ2) is 25.5. The number of hydrogen-bond acceptors (Lipinski definition) is 8. The van der Waals surface area contributed by atoms with Gasteiger partial charge < -0.3 is 39.8 Å². The largest absolute Gasteiger partial charge is 2.00 e. The molecule has 0 saturated carbocycles. The van der Waals surface area contributed by atoms with Gasteiger partial charge in [0.1, 0.15) is 24.7 Å². The van der Waals surface area contributed by atoms with Crippen LogP contribution in [0.25, 0.3) is 10.6 Å². The summed E-state index contributed by atoms with van der Waals surface area (Å²) in [5.41, 5.74) is 6.36. The predicted molar refractivity (Wildman–Crippen MR) is 238 cm³/mol. The van der Waals surface area contributed by atoms with Crippen LogP contribution in [0.5, 0.6) is 11.5 Å². The van der Waals surface area contributed by atoms with Crippen LogP contribution in [0.4, 0.5) is 22.7 Å². The van der Waals surface area contributed by atoms with Gasteiger partial charge in [0.15, 0.2) is 0 Å². The topological polar surface area (TPSA) is 136 Å². The third-order valence-electron chi connectivity index (χ3n) is 8.87. The Morgan fingerprint density at radius 1 is 0.468 bits per heavy atom. The van der Waals surface area contributed by atoms with E-state index < -0.39 is 0 Å². The minimum atomic E-state index is -0.188. The fraction of sp³-hybridized carbons (Fsp3) is 0.240. The second-order valence-electron chi connectivity index (χ2n) is 14.9. The molecule has 10 nitrogen and oxygen atoms in total. The van der Waals surface area contributed by atoms with Crippen molar-refractivity contribution in [2.75, 3.05) is 27.4 Å². The van der Waals surface area contributed by atoms with E-state index in [0.29, 0.717) is 25.0 Å². The van der Waals surface area contributed by atoms with Gasteiger partial charge in [0.05, 0.1) is 25.3 Å². The van der Waals surface area contributed by atoms with Gasteiger partial charge in [0, 0.05) is 11.1 Å². The summed E-state index contributed by atoms with van der Waals surface area (Å²) in [6.45, 7) is 9.18. The Kier molecular flexibility index (Phi) is 21.0. The van der Waals surface area contributed by atoms with E-state index in [9.17, 15) is 10.2 Å². The summed E-state index contributed by atoms with van der Waals surface area (Å²) in [4.78, 5) is 9.28. The Morgan fingerprint density at radius 3 is 1.06 bits per heavy atom. The van der Waals surface area contributed by atoms with Crippen LogP contribution in [0.3, 0.4) is 0 Å². The molecule has 312 valence electrons. The maximum atomic E-state index is 10.1. The first-order valence-corrected chi connectivity index (χ1v) is 19.6. The molecule has 0 unspecified atom stereocenters. The van der Waals surface area contributed by atoms with Gasteiger partial charge in [-0.2, -0.15) is 0 Å². The monoisotopic (exact) mass is 932 g/mol. The second-order valence-corrected chi connectivity index (χ2v) is 14.9. The van der Waals surface area contributed by atoms with Crippen molar-refractivity contribution in [2.24, 2.45) is 9.98 Å². The van der Waals surface area contributed by atoms with Crippen molar-refractivity contribution in [3.05, 3.63) is 191 Å². The van der Waals surface area contributed by atoms with E-state index >= 15 is 0 Å². The third-order valence-corrected chi connectivity index (χ3v) is 8.87. The summed E-state index contributed by atoms with van der Waals surface area (Å²) in [5, 5.41) is 29.7. The molecule has 0 spiro atoms. The van der Waals surface area contributed by atoms with Gasteiger partial charge in [-0.15, -0.1) is 24.6 Å². The Labute approximate surface area is 392 Å². The average Bonchev–Trinajstić information content (AvgIpc) is 3.85. The molecule has 12 heteroatoms. The Hall–Kier alpha value is -5.37. The first-order chi connectivity index (χ1) is 29.0. The summed E-state index contributed by atoms with van der Waals surface area (Å²) in [7, 11) is 3.29. The molecule has 2 aliphatic heterocycles. The van der Waals surface area contributed by atoms with Crippen molar-refractivity contribution in [1.82, 2.24) is 0 Å². The Bertz CT molecular complexity index is 2140. The third kappa shape index (κ3) is 15.5. The molecule has 2 aliphatic rings. The van der Waals surface area contributed by atoms with E-state index in [2.05, 4.69) is 37.7 Å². The molecule has 6 aromatic rings. The zero-order valence-corrected chi connectivity index (χ0v) is 42.4. The van der Waals surface area contributed by atoms with Gasteiger partial charge in [-0.25, -0.2) is 9.98 Å². The summed E-state index contributed by atoms with van der Waals surface area (Å²) >= 11 is 0. The van der Waals surface area contributed by atoms with Crippen LogP contribution >= 0.6 is 0 Å². The normalized spacial score (nSPS) is 13.6. The molecule has 0 amide bonds. The van der Waals surface area contributed by atoms with Gasteiger partial charge in [-0.3, -0.25) is 0 Å². The fourth-order valence-corrected chi connectivity index (χ4v) is 5.80. The van der Waals surface area contributed by atoms with Crippen molar-refractivity contribution in [3.63, 3.8) is 0 Å². The molecule has 0 atom stereocenters. The molecule has 0 fully saturated rings. The van der Waals surface area contributed by atoms with Gasteiger partial charge in [0.25, 0.3) is 0 Å². The van der Waals surface area contributed by atoms with Crippen LogP contribution in [0.2, 0.25) is 0 Å². The number of methoxy groups -OCH3 is 2.